The largest absolute Gasteiger partial charge is 0.381 e. The highest BCUT2D eigenvalue weighted by atomic mass is 79.9. The Bertz CT molecular complexity index is 341. The molecule has 1 aromatic carbocycles. The summed E-state index contributed by atoms with van der Waals surface area (Å²) >= 11 is 3.15. The van der Waals surface area contributed by atoms with E-state index in [1.807, 2.05) is 0 Å². The molecule has 0 aromatic heterocycles. The van der Waals surface area contributed by atoms with Crippen molar-refractivity contribution in [3.8, 4) is 0 Å². The quantitative estimate of drug-likeness (QED) is 0.881. The lowest BCUT2D eigenvalue weighted by Gasteiger charge is -2.26. The third kappa shape index (κ3) is 2.48. The van der Waals surface area contributed by atoms with Crippen molar-refractivity contribution in [3.63, 3.8) is 0 Å². The van der Waals surface area contributed by atoms with Gasteiger partial charge in [0.1, 0.15) is 11.6 Å². The minimum Gasteiger partial charge on any atom is -0.381 e. The van der Waals surface area contributed by atoms with Gasteiger partial charge in [0.05, 0.1) is 5.69 Å². The standard InChI is InChI=1S/C11H12BrF2N/c12-9-4-8(13)5-10(14)11(9)15-6-7-2-1-3-7/h4-5,7,15H,1-3,6H2. The fraction of sp³-hybridized carbons (Fsp3) is 0.455. The molecule has 2 rings (SSSR count). The van der Waals surface area contributed by atoms with Gasteiger partial charge in [-0.2, -0.15) is 0 Å². The molecule has 1 N–H and O–H groups in total. The van der Waals surface area contributed by atoms with Gasteiger partial charge in [-0.1, -0.05) is 6.42 Å². The van der Waals surface area contributed by atoms with E-state index in [1.54, 1.807) is 0 Å². The van der Waals surface area contributed by atoms with Crippen LogP contribution < -0.4 is 5.32 Å². The highest BCUT2D eigenvalue weighted by Crippen LogP contribution is 2.30. The molecule has 1 fully saturated rings. The first-order chi connectivity index (χ1) is 7.16. The second-order valence-electron chi connectivity index (χ2n) is 3.92. The zero-order valence-electron chi connectivity index (χ0n) is 8.19. The molecule has 15 heavy (non-hydrogen) atoms. The van der Waals surface area contributed by atoms with Gasteiger partial charge in [0, 0.05) is 17.1 Å². The Labute approximate surface area is 96.0 Å². The summed E-state index contributed by atoms with van der Waals surface area (Å²) in [5.41, 5.74) is 0.364. The van der Waals surface area contributed by atoms with E-state index in [2.05, 4.69) is 21.2 Å². The summed E-state index contributed by atoms with van der Waals surface area (Å²) < 4.78 is 26.6. The van der Waals surface area contributed by atoms with Gasteiger partial charge in [-0.05, 0) is 40.8 Å². The average molecular weight is 276 g/mol. The zero-order valence-corrected chi connectivity index (χ0v) is 9.78. The first-order valence-corrected chi connectivity index (χ1v) is 5.84. The number of rotatable bonds is 3. The SMILES string of the molecule is Fc1cc(F)c(NCC2CCC2)c(Br)c1. The number of anilines is 1. The molecular weight excluding hydrogens is 264 g/mol. The van der Waals surface area contributed by atoms with E-state index in [1.165, 1.54) is 25.3 Å². The Balaban J connectivity index is 2.05. The van der Waals surface area contributed by atoms with Crippen molar-refractivity contribution in [1.29, 1.82) is 0 Å². The summed E-state index contributed by atoms with van der Waals surface area (Å²) in [7, 11) is 0. The molecule has 0 heterocycles. The van der Waals surface area contributed by atoms with E-state index in [4.69, 9.17) is 0 Å². The van der Waals surface area contributed by atoms with Crippen LogP contribution in [0.15, 0.2) is 16.6 Å². The van der Waals surface area contributed by atoms with E-state index in [0.717, 1.165) is 12.6 Å². The fourth-order valence-electron chi connectivity index (χ4n) is 1.65. The minimum absolute atomic E-state index is 0.364. The molecule has 0 atom stereocenters. The summed E-state index contributed by atoms with van der Waals surface area (Å²) in [5.74, 6) is -0.462. The third-order valence-corrected chi connectivity index (χ3v) is 3.42. The number of halogens is 3. The van der Waals surface area contributed by atoms with Crippen molar-refractivity contribution in [2.45, 2.75) is 19.3 Å². The first kappa shape index (κ1) is 10.9. The summed E-state index contributed by atoms with van der Waals surface area (Å²) in [6.07, 6.45) is 3.67. The molecule has 0 unspecified atom stereocenters. The molecule has 0 aliphatic heterocycles. The summed E-state index contributed by atoms with van der Waals surface area (Å²) in [5, 5.41) is 3.02. The van der Waals surface area contributed by atoms with Gasteiger partial charge >= 0.3 is 0 Å². The summed E-state index contributed by atoms with van der Waals surface area (Å²) in [6, 6.07) is 2.17. The van der Waals surface area contributed by atoms with Gasteiger partial charge in [0.2, 0.25) is 0 Å². The van der Waals surface area contributed by atoms with Gasteiger partial charge in [-0.3, -0.25) is 0 Å². The molecule has 1 saturated carbocycles. The smallest absolute Gasteiger partial charge is 0.150 e. The fourth-order valence-corrected chi connectivity index (χ4v) is 2.20. The second-order valence-corrected chi connectivity index (χ2v) is 4.78. The predicted octanol–water partition coefficient (Wildman–Crippen LogP) is 3.94. The molecule has 82 valence electrons. The molecule has 0 amide bonds. The van der Waals surface area contributed by atoms with Gasteiger partial charge in [0.15, 0.2) is 0 Å². The molecular formula is C11H12BrF2N. The van der Waals surface area contributed by atoms with Crippen LogP contribution in [0.5, 0.6) is 0 Å². The molecule has 0 saturated heterocycles. The predicted molar refractivity (Wildman–Crippen MR) is 59.9 cm³/mol. The van der Waals surface area contributed by atoms with E-state index in [9.17, 15) is 8.78 Å². The van der Waals surface area contributed by atoms with Crippen LogP contribution in [0.25, 0.3) is 0 Å². The molecule has 0 radical (unpaired) electrons. The van der Waals surface area contributed by atoms with Crippen LogP contribution in [0.4, 0.5) is 14.5 Å². The topological polar surface area (TPSA) is 12.0 Å². The van der Waals surface area contributed by atoms with Crippen molar-refractivity contribution >= 4 is 21.6 Å². The maximum atomic E-state index is 13.4. The molecule has 4 heteroatoms. The normalized spacial score (nSPS) is 16.2. The maximum absolute atomic E-state index is 13.4. The van der Waals surface area contributed by atoms with Gasteiger partial charge in [-0.15, -0.1) is 0 Å². The van der Waals surface area contributed by atoms with Crippen molar-refractivity contribution < 1.29 is 8.78 Å². The molecule has 0 bridgehead atoms. The van der Waals surface area contributed by atoms with Crippen LogP contribution in [-0.4, -0.2) is 6.54 Å². The number of nitrogens with one attached hydrogen (secondary N) is 1. The summed E-state index contributed by atoms with van der Waals surface area (Å²) in [4.78, 5) is 0. The Morgan fingerprint density at radius 1 is 1.33 bits per heavy atom. The number of hydrogen-bond donors (Lipinski definition) is 1. The van der Waals surface area contributed by atoms with Crippen LogP contribution in [0.2, 0.25) is 0 Å². The molecule has 1 aromatic rings. The van der Waals surface area contributed by atoms with Gasteiger partial charge in [-0.25, -0.2) is 8.78 Å². The van der Waals surface area contributed by atoms with Crippen LogP contribution >= 0.6 is 15.9 Å². The highest BCUT2D eigenvalue weighted by molar-refractivity contribution is 9.10. The Kier molecular flexibility index (Phi) is 3.24. The van der Waals surface area contributed by atoms with E-state index < -0.39 is 11.6 Å². The highest BCUT2D eigenvalue weighted by Gasteiger charge is 2.18. The Morgan fingerprint density at radius 3 is 2.60 bits per heavy atom. The number of hydrogen-bond acceptors (Lipinski definition) is 1. The van der Waals surface area contributed by atoms with Crippen molar-refractivity contribution in [1.82, 2.24) is 0 Å². The van der Waals surface area contributed by atoms with E-state index in [0.29, 0.717) is 16.1 Å². The van der Waals surface area contributed by atoms with Gasteiger partial charge < -0.3 is 5.32 Å². The Hall–Kier alpha value is -0.640. The minimum atomic E-state index is -0.562. The molecule has 1 aliphatic carbocycles. The van der Waals surface area contributed by atoms with Crippen LogP contribution in [-0.2, 0) is 0 Å². The molecule has 0 spiro atoms. The van der Waals surface area contributed by atoms with Crippen LogP contribution in [0, 0.1) is 17.6 Å². The third-order valence-electron chi connectivity index (χ3n) is 2.80. The lowest BCUT2D eigenvalue weighted by molar-refractivity contribution is 0.333. The average Bonchev–Trinajstić information content (AvgIpc) is 2.06. The second kappa shape index (κ2) is 4.47. The first-order valence-electron chi connectivity index (χ1n) is 5.05. The lowest BCUT2D eigenvalue weighted by Crippen LogP contribution is -2.21. The summed E-state index contributed by atoms with van der Waals surface area (Å²) in [6.45, 7) is 0.765. The Morgan fingerprint density at radius 2 is 2.07 bits per heavy atom. The number of benzene rings is 1. The van der Waals surface area contributed by atoms with E-state index in [-0.39, 0.29) is 0 Å². The van der Waals surface area contributed by atoms with E-state index >= 15 is 0 Å². The zero-order chi connectivity index (χ0) is 10.8. The van der Waals surface area contributed by atoms with Crippen LogP contribution in [0.1, 0.15) is 19.3 Å². The monoisotopic (exact) mass is 275 g/mol. The van der Waals surface area contributed by atoms with Gasteiger partial charge in [0.25, 0.3) is 0 Å². The molecule has 1 aliphatic rings. The maximum Gasteiger partial charge on any atom is 0.150 e. The lowest BCUT2D eigenvalue weighted by atomic mass is 9.85. The van der Waals surface area contributed by atoms with Crippen molar-refractivity contribution in [2.75, 3.05) is 11.9 Å². The molecule has 1 nitrogen and oxygen atoms in total. The van der Waals surface area contributed by atoms with Crippen molar-refractivity contribution in [3.05, 3.63) is 28.2 Å². The van der Waals surface area contributed by atoms with Crippen LogP contribution in [0.3, 0.4) is 0 Å². The van der Waals surface area contributed by atoms with Crippen molar-refractivity contribution in [2.24, 2.45) is 5.92 Å².